The summed E-state index contributed by atoms with van der Waals surface area (Å²) in [6.07, 6.45) is 6.63. The SMILES string of the molecule is O=C(O)C(=Cc1ccc(OCCn2ccc3cnccc32)cc1)C(=O)O. The van der Waals surface area contributed by atoms with Gasteiger partial charge in [0.25, 0.3) is 0 Å². The Morgan fingerprint density at radius 2 is 1.81 bits per heavy atom. The molecule has 26 heavy (non-hydrogen) atoms. The lowest BCUT2D eigenvalue weighted by molar-refractivity contribution is -0.140. The monoisotopic (exact) mass is 352 g/mol. The van der Waals surface area contributed by atoms with Gasteiger partial charge in [0.05, 0.1) is 12.1 Å². The molecule has 0 unspecified atom stereocenters. The van der Waals surface area contributed by atoms with Crippen LogP contribution in [0.3, 0.4) is 0 Å². The lowest BCUT2D eigenvalue weighted by Gasteiger charge is -2.08. The van der Waals surface area contributed by atoms with Crippen LogP contribution in [0.4, 0.5) is 0 Å². The largest absolute Gasteiger partial charge is 0.492 e. The van der Waals surface area contributed by atoms with Crippen molar-refractivity contribution in [2.75, 3.05) is 6.61 Å². The summed E-state index contributed by atoms with van der Waals surface area (Å²) in [6.45, 7) is 1.12. The van der Waals surface area contributed by atoms with Crippen LogP contribution in [0.25, 0.3) is 17.0 Å². The van der Waals surface area contributed by atoms with E-state index in [4.69, 9.17) is 14.9 Å². The number of carboxylic acids is 2. The van der Waals surface area contributed by atoms with Gasteiger partial charge in [-0.25, -0.2) is 9.59 Å². The highest BCUT2D eigenvalue weighted by Gasteiger charge is 2.15. The minimum atomic E-state index is -1.48. The van der Waals surface area contributed by atoms with E-state index in [1.807, 2.05) is 18.3 Å². The molecule has 1 aromatic carbocycles. The first kappa shape index (κ1) is 17.2. The Morgan fingerprint density at radius 1 is 1.08 bits per heavy atom. The predicted molar refractivity (Wildman–Crippen MR) is 94.9 cm³/mol. The van der Waals surface area contributed by atoms with Gasteiger partial charge in [0.15, 0.2) is 0 Å². The van der Waals surface area contributed by atoms with Crippen molar-refractivity contribution in [3.05, 3.63) is 66.1 Å². The fourth-order valence-electron chi connectivity index (χ4n) is 2.54. The number of hydrogen-bond donors (Lipinski definition) is 2. The van der Waals surface area contributed by atoms with Crippen molar-refractivity contribution in [1.29, 1.82) is 0 Å². The first-order valence-corrected chi connectivity index (χ1v) is 7.84. The molecule has 7 nitrogen and oxygen atoms in total. The van der Waals surface area contributed by atoms with E-state index < -0.39 is 17.5 Å². The molecule has 3 aromatic rings. The predicted octanol–water partition coefficient (Wildman–Crippen LogP) is 2.67. The highest BCUT2D eigenvalue weighted by molar-refractivity contribution is 6.16. The van der Waals surface area contributed by atoms with Gasteiger partial charge < -0.3 is 19.5 Å². The molecule has 0 aliphatic rings. The van der Waals surface area contributed by atoms with Crippen LogP contribution >= 0.6 is 0 Å². The van der Waals surface area contributed by atoms with Crippen LogP contribution in [-0.4, -0.2) is 38.3 Å². The smallest absolute Gasteiger partial charge is 0.343 e. The number of hydrogen-bond acceptors (Lipinski definition) is 4. The number of ether oxygens (including phenoxy) is 1. The molecule has 0 bridgehead atoms. The van der Waals surface area contributed by atoms with E-state index in [1.54, 1.807) is 36.7 Å². The van der Waals surface area contributed by atoms with E-state index in [1.165, 1.54) is 0 Å². The number of aliphatic carboxylic acids is 2. The van der Waals surface area contributed by atoms with Crippen LogP contribution < -0.4 is 4.74 Å². The zero-order valence-corrected chi connectivity index (χ0v) is 13.7. The molecule has 132 valence electrons. The van der Waals surface area contributed by atoms with Crippen LogP contribution in [0.2, 0.25) is 0 Å². The van der Waals surface area contributed by atoms with Crippen molar-refractivity contribution in [3.8, 4) is 5.75 Å². The van der Waals surface area contributed by atoms with Crippen LogP contribution in [-0.2, 0) is 16.1 Å². The van der Waals surface area contributed by atoms with Gasteiger partial charge in [-0.05, 0) is 35.9 Å². The van der Waals surface area contributed by atoms with Crippen LogP contribution in [0.5, 0.6) is 5.75 Å². The Bertz CT molecular complexity index is 957. The van der Waals surface area contributed by atoms with Gasteiger partial charge in [-0.3, -0.25) is 4.98 Å². The summed E-state index contributed by atoms with van der Waals surface area (Å²) in [5, 5.41) is 18.8. The Kier molecular flexibility index (Phi) is 4.98. The third-order valence-corrected chi connectivity index (χ3v) is 3.82. The molecule has 2 heterocycles. The second-order valence-corrected chi connectivity index (χ2v) is 5.53. The fraction of sp³-hybridized carbons (Fsp3) is 0.105. The molecular weight excluding hydrogens is 336 g/mol. The number of carbonyl (C=O) groups is 2. The third kappa shape index (κ3) is 3.89. The molecule has 7 heteroatoms. The summed E-state index contributed by atoms with van der Waals surface area (Å²) in [6, 6.07) is 10.5. The normalized spacial score (nSPS) is 10.5. The third-order valence-electron chi connectivity index (χ3n) is 3.82. The number of benzene rings is 1. The van der Waals surface area contributed by atoms with E-state index in [2.05, 4.69) is 9.55 Å². The molecule has 0 atom stereocenters. The van der Waals surface area contributed by atoms with Crippen molar-refractivity contribution in [1.82, 2.24) is 9.55 Å². The van der Waals surface area contributed by atoms with Gasteiger partial charge in [-0.2, -0.15) is 0 Å². The average molecular weight is 352 g/mol. The summed E-state index contributed by atoms with van der Waals surface area (Å²) in [5.74, 6) is -2.34. The Hall–Kier alpha value is -3.61. The molecule has 0 aliphatic carbocycles. The maximum absolute atomic E-state index is 10.9. The molecule has 0 amide bonds. The van der Waals surface area contributed by atoms with E-state index in [0.29, 0.717) is 24.5 Å². The second-order valence-electron chi connectivity index (χ2n) is 5.53. The van der Waals surface area contributed by atoms with Gasteiger partial charge in [0, 0.05) is 24.0 Å². The van der Waals surface area contributed by atoms with E-state index in [-0.39, 0.29) is 0 Å². The van der Waals surface area contributed by atoms with Crippen LogP contribution in [0, 0.1) is 0 Å². The minimum Gasteiger partial charge on any atom is -0.492 e. The van der Waals surface area contributed by atoms with Gasteiger partial charge in [0.1, 0.15) is 17.9 Å². The molecule has 0 radical (unpaired) electrons. The van der Waals surface area contributed by atoms with Crippen molar-refractivity contribution in [3.63, 3.8) is 0 Å². The first-order chi connectivity index (χ1) is 12.5. The lowest BCUT2D eigenvalue weighted by atomic mass is 10.1. The number of nitrogens with zero attached hydrogens (tertiary/aromatic N) is 2. The van der Waals surface area contributed by atoms with Gasteiger partial charge in [0.2, 0.25) is 0 Å². The van der Waals surface area contributed by atoms with E-state index in [0.717, 1.165) is 17.0 Å². The van der Waals surface area contributed by atoms with Crippen molar-refractivity contribution in [2.45, 2.75) is 6.54 Å². The molecule has 0 saturated carbocycles. The van der Waals surface area contributed by atoms with E-state index >= 15 is 0 Å². The van der Waals surface area contributed by atoms with Crippen molar-refractivity contribution >= 4 is 28.9 Å². The average Bonchev–Trinajstić information content (AvgIpc) is 3.04. The summed E-state index contributed by atoms with van der Waals surface area (Å²) in [4.78, 5) is 25.8. The Labute approximate surface area is 148 Å². The summed E-state index contributed by atoms with van der Waals surface area (Å²) in [5.41, 5.74) is 0.868. The van der Waals surface area contributed by atoms with E-state index in [9.17, 15) is 9.59 Å². The number of carboxylic acid groups (broad SMARTS) is 2. The molecular formula is C19H16N2O5. The zero-order valence-electron chi connectivity index (χ0n) is 13.7. The summed E-state index contributed by atoms with van der Waals surface area (Å²) in [7, 11) is 0. The standard InChI is InChI=1S/C19H16N2O5/c22-18(23)16(19(24)25)11-13-1-3-15(4-2-13)26-10-9-21-8-6-14-12-20-7-5-17(14)21/h1-8,11-12H,9-10H2,(H,22,23)(H,24,25). The minimum absolute atomic E-state index is 0.455. The van der Waals surface area contributed by atoms with Crippen molar-refractivity contribution < 1.29 is 24.5 Å². The highest BCUT2D eigenvalue weighted by Crippen LogP contribution is 2.16. The number of fused-ring (bicyclic) bond motifs is 1. The highest BCUT2D eigenvalue weighted by atomic mass is 16.5. The number of rotatable bonds is 7. The zero-order chi connectivity index (χ0) is 18.5. The maximum atomic E-state index is 10.9. The second kappa shape index (κ2) is 7.52. The van der Waals surface area contributed by atoms with Crippen LogP contribution in [0.15, 0.2) is 60.6 Å². The Morgan fingerprint density at radius 3 is 2.50 bits per heavy atom. The molecule has 0 aliphatic heterocycles. The van der Waals surface area contributed by atoms with Gasteiger partial charge in [-0.1, -0.05) is 12.1 Å². The first-order valence-electron chi connectivity index (χ1n) is 7.84. The maximum Gasteiger partial charge on any atom is 0.343 e. The molecule has 2 aromatic heterocycles. The van der Waals surface area contributed by atoms with Gasteiger partial charge >= 0.3 is 11.9 Å². The summed E-state index contributed by atoms with van der Waals surface area (Å²) >= 11 is 0. The topological polar surface area (TPSA) is 102 Å². The van der Waals surface area contributed by atoms with Crippen LogP contribution in [0.1, 0.15) is 5.56 Å². The van der Waals surface area contributed by atoms with Gasteiger partial charge in [-0.15, -0.1) is 0 Å². The molecule has 0 fully saturated rings. The number of pyridine rings is 1. The Balaban J connectivity index is 1.62. The summed E-state index contributed by atoms with van der Waals surface area (Å²) < 4.78 is 7.76. The quantitative estimate of drug-likeness (QED) is 0.385. The fourth-order valence-corrected chi connectivity index (χ4v) is 2.54. The van der Waals surface area contributed by atoms with Crippen molar-refractivity contribution in [2.24, 2.45) is 0 Å². The number of aromatic nitrogens is 2. The molecule has 0 spiro atoms. The molecule has 2 N–H and O–H groups in total. The molecule has 3 rings (SSSR count). The lowest BCUT2D eigenvalue weighted by Crippen LogP contribution is -2.10. The molecule has 0 saturated heterocycles.